The van der Waals surface area contributed by atoms with Gasteiger partial charge in [0, 0.05) is 29.9 Å². The molecule has 0 unspecified atom stereocenters. The Morgan fingerprint density at radius 3 is 2.51 bits per heavy atom. The molecule has 1 fully saturated rings. The summed E-state index contributed by atoms with van der Waals surface area (Å²) in [7, 11) is -4.00. The third-order valence-electron chi connectivity index (χ3n) is 6.96. The number of benzene rings is 1. The molecule has 12 nitrogen and oxygen atoms in total. The summed E-state index contributed by atoms with van der Waals surface area (Å²) in [4.78, 5) is 21.0. The van der Waals surface area contributed by atoms with E-state index in [0.717, 1.165) is 43.4 Å². The first-order valence-electron chi connectivity index (χ1n) is 13.9. The number of ether oxygens (including phenoxy) is 1. The van der Waals surface area contributed by atoms with Crippen molar-refractivity contribution in [2.75, 3.05) is 11.9 Å². The van der Waals surface area contributed by atoms with Crippen molar-refractivity contribution in [1.82, 2.24) is 29.9 Å². The van der Waals surface area contributed by atoms with Crippen LogP contribution < -0.4 is 5.32 Å². The van der Waals surface area contributed by atoms with Crippen molar-refractivity contribution < 1.29 is 31.3 Å². The zero-order chi connectivity index (χ0) is 32.0. The molecule has 1 saturated carbocycles. The number of nitrogens with one attached hydrogen (secondary N) is 2. The van der Waals surface area contributed by atoms with Crippen molar-refractivity contribution in [2.24, 2.45) is 0 Å². The summed E-state index contributed by atoms with van der Waals surface area (Å²) in [6.45, 7) is 2.64. The second-order valence-electron chi connectivity index (χ2n) is 9.99. The lowest BCUT2D eigenvalue weighted by molar-refractivity contribution is 0.0260. The molecule has 0 radical (unpaired) electrons. The van der Waals surface area contributed by atoms with Crippen molar-refractivity contribution in [1.29, 1.82) is 0 Å². The molecule has 0 aliphatic heterocycles. The standard InChI is InChI=1S/C23H23F2N7O2S.C6H6O3S/c1-2-34-15-5-3-14(4-6-15)32-11-17(21(31-32)20-16(24)7-8-19(25)30-20)28-22(33)18-12-35-23(29-18)13-9-26-27-10-13;7-10(8,9)6-4-2-1-3-5-6/h7-12,14-15H,2-6H2,1H3,(H,26,27)(H,28,33);1-5H,(H,7,8,9). The lowest BCUT2D eigenvalue weighted by Crippen LogP contribution is -2.24. The average Bonchev–Trinajstić information content (AvgIpc) is 3.81. The molecule has 0 bridgehead atoms. The number of aromatic amines is 1. The first-order chi connectivity index (χ1) is 21.6. The fraction of sp³-hybridized carbons (Fsp3) is 0.276. The predicted octanol–water partition coefficient (Wildman–Crippen LogP) is 5.78. The van der Waals surface area contributed by atoms with Crippen LogP contribution in [0.3, 0.4) is 0 Å². The van der Waals surface area contributed by atoms with Gasteiger partial charge in [-0.15, -0.1) is 11.3 Å². The van der Waals surface area contributed by atoms with Crippen LogP contribution in [0.4, 0.5) is 14.5 Å². The Morgan fingerprint density at radius 1 is 1.11 bits per heavy atom. The summed E-state index contributed by atoms with van der Waals surface area (Å²) in [6, 6.07) is 9.40. The highest BCUT2D eigenvalue weighted by Crippen LogP contribution is 2.34. The molecule has 1 aliphatic rings. The van der Waals surface area contributed by atoms with Gasteiger partial charge < -0.3 is 10.1 Å². The van der Waals surface area contributed by atoms with Crippen LogP contribution in [0.5, 0.6) is 0 Å². The van der Waals surface area contributed by atoms with Crippen LogP contribution in [0.1, 0.15) is 49.1 Å². The van der Waals surface area contributed by atoms with Crippen LogP contribution in [0, 0.1) is 11.8 Å². The number of thiazole rings is 1. The summed E-state index contributed by atoms with van der Waals surface area (Å²) < 4.78 is 65.2. The van der Waals surface area contributed by atoms with Gasteiger partial charge in [-0.25, -0.2) is 14.4 Å². The largest absolute Gasteiger partial charge is 0.379 e. The van der Waals surface area contributed by atoms with E-state index < -0.39 is 27.8 Å². The van der Waals surface area contributed by atoms with Crippen molar-refractivity contribution in [2.45, 2.75) is 49.6 Å². The molecule has 16 heteroatoms. The minimum Gasteiger partial charge on any atom is -0.379 e. The number of carbonyl (C=O) groups is 1. The number of halogens is 2. The maximum atomic E-state index is 14.6. The molecule has 6 rings (SSSR count). The van der Waals surface area contributed by atoms with Gasteiger partial charge in [-0.1, -0.05) is 18.2 Å². The molecule has 4 heterocycles. The maximum absolute atomic E-state index is 14.6. The number of rotatable bonds is 8. The zero-order valence-corrected chi connectivity index (χ0v) is 25.6. The Labute approximate surface area is 261 Å². The predicted molar refractivity (Wildman–Crippen MR) is 162 cm³/mol. The van der Waals surface area contributed by atoms with Crippen molar-refractivity contribution in [3.8, 4) is 22.0 Å². The summed E-state index contributed by atoms with van der Waals surface area (Å²) in [5.41, 5.74) is 0.981. The lowest BCUT2D eigenvalue weighted by Gasteiger charge is -2.28. The molecular formula is C29H29F2N7O5S2. The minimum absolute atomic E-state index is 0.0414. The van der Waals surface area contributed by atoms with Gasteiger partial charge in [0.15, 0.2) is 5.82 Å². The highest BCUT2D eigenvalue weighted by Gasteiger charge is 2.27. The molecule has 0 saturated heterocycles. The van der Waals surface area contributed by atoms with Gasteiger partial charge in [0.1, 0.15) is 22.1 Å². The van der Waals surface area contributed by atoms with E-state index in [1.807, 2.05) is 6.92 Å². The normalized spacial score (nSPS) is 16.5. The third-order valence-corrected chi connectivity index (χ3v) is 8.72. The van der Waals surface area contributed by atoms with E-state index in [0.29, 0.717) is 11.6 Å². The molecule has 1 aromatic carbocycles. The Balaban J connectivity index is 0.000000342. The van der Waals surface area contributed by atoms with E-state index in [9.17, 15) is 22.0 Å². The zero-order valence-electron chi connectivity index (χ0n) is 23.9. The first-order valence-corrected chi connectivity index (χ1v) is 16.3. The molecule has 1 amide bonds. The molecule has 5 aromatic rings. The van der Waals surface area contributed by atoms with Gasteiger partial charge in [-0.3, -0.25) is 19.1 Å². The monoisotopic (exact) mass is 657 g/mol. The number of nitrogens with zero attached hydrogens (tertiary/aromatic N) is 5. The van der Waals surface area contributed by atoms with Crippen LogP contribution in [0.25, 0.3) is 22.0 Å². The van der Waals surface area contributed by atoms with E-state index in [1.165, 1.54) is 23.5 Å². The van der Waals surface area contributed by atoms with Crippen molar-refractivity contribution >= 4 is 33.0 Å². The average molecular weight is 658 g/mol. The van der Waals surface area contributed by atoms with Gasteiger partial charge in [-0.05, 0) is 56.9 Å². The topological polar surface area (TPSA) is 165 Å². The SMILES string of the molecule is CCOC1CCC(n2cc(NC(=O)c3csc(-c4cn[nH]c4)n3)c(-c3nc(F)ccc3F)n2)CC1.O=S(=O)(O)c1ccccc1. The minimum atomic E-state index is -4.00. The number of anilines is 1. The maximum Gasteiger partial charge on any atom is 0.294 e. The Morgan fingerprint density at radius 2 is 1.87 bits per heavy atom. The Bertz CT molecular complexity index is 1840. The number of aromatic nitrogens is 6. The van der Waals surface area contributed by atoms with E-state index in [1.54, 1.807) is 46.9 Å². The third kappa shape index (κ3) is 8.02. The summed E-state index contributed by atoms with van der Waals surface area (Å²) in [6.07, 6.45) is 8.53. The lowest BCUT2D eigenvalue weighted by atomic mass is 9.93. The molecule has 4 aromatic heterocycles. The highest BCUT2D eigenvalue weighted by atomic mass is 32.2. The number of carbonyl (C=O) groups excluding carboxylic acids is 1. The van der Waals surface area contributed by atoms with E-state index in [4.69, 9.17) is 9.29 Å². The second-order valence-corrected chi connectivity index (χ2v) is 12.3. The highest BCUT2D eigenvalue weighted by molar-refractivity contribution is 7.85. The van der Waals surface area contributed by atoms with Gasteiger partial charge in [-0.2, -0.15) is 23.0 Å². The summed E-state index contributed by atoms with van der Waals surface area (Å²) >= 11 is 1.30. The summed E-state index contributed by atoms with van der Waals surface area (Å²) in [5, 5.41) is 16.1. The van der Waals surface area contributed by atoms with Crippen LogP contribution >= 0.6 is 11.3 Å². The fourth-order valence-corrected chi connectivity index (χ4v) is 6.08. The van der Waals surface area contributed by atoms with E-state index in [2.05, 4.69) is 30.6 Å². The van der Waals surface area contributed by atoms with Gasteiger partial charge in [0.05, 0.1) is 28.9 Å². The number of hydrogen-bond acceptors (Lipinski definition) is 9. The molecular weight excluding hydrogens is 628 g/mol. The molecule has 3 N–H and O–H groups in total. The van der Waals surface area contributed by atoms with Gasteiger partial charge >= 0.3 is 0 Å². The van der Waals surface area contributed by atoms with Crippen LogP contribution in [-0.2, 0) is 14.9 Å². The first kappa shape index (κ1) is 32.0. The number of H-pyrrole nitrogens is 1. The fourth-order valence-electron chi connectivity index (χ4n) is 4.80. The molecule has 0 atom stereocenters. The molecule has 236 valence electrons. The number of hydrogen-bond donors (Lipinski definition) is 3. The van der Waals surface area contributed by atoms with E-state index >= 15 is 0 Å². The molecule has 0 spiro atoms. The van der Waals surface area contributed by atoms with Gasteiger partial charge in [0.25, 0.3) is 16.0 Å². The Kier molecular flexibility index (Phi) is 10.1. The van der Waals surface area contributed by atoms with Crippen molar-refractivity contribution in [3.63, 3.8) is 0 Å². The van der Waals surface area contributed by atoms with Crippen LogP contribution in [0.2, 0.25) is 0 Å². The summed E-state index contributed by atoms with van der Waals surface area (Å²) in [5.74, 6) is -2.06. The molecule has 45 heavy (non-hydrogen) atoms. The quantitative estimate of drug-likeness (QED) is 0.139. The van der Waals surface area contributed by atoms with Crippen LogP contribution in [-0.4, -0.2) is 61.5 Å². The smallest absolute Gasteiger partial charge is 0.294 e. The van der Waals surface area contributed by atoms with Crippen LogP contribution in [0.15, 0.2) is 71.3 Å². The molecule has 1 aliphatic carbocycles. The van der Waals surface area contributed by atoms with E-state index in [-0.39, 0.29) is 39.8 Å². The number of pyridine rings is 1. The number of amides is 1. The van der Waals surface area contributed by atoms with Crippen molar-refractivity contribution in [3.05, 3.63) is 83.9 Å². The second kappa shape index (κ2) is 14.2. The Hall–Kier alpha value is -4.38. The van der Waals surface area contributed by atoms with Gasteiger partial charge in [0.2, 0.25) is 5.95 Å².